The molecule has 3 rings (SSSR count). The molecule has 1 aromatic rings. The lowest BCUT2D eigenvalue weighted by Crippen LogP contribution is -2.30. The molecule has 0 amide bonds. The molecule has 5 atom stereocenters. The zero-order chi connectivity index (χ0) is 25.8. The van der Waals surface area contributed by atoms with E-state index in [-0.39, 0.29) is 5.41 Å². The summed E-state index contributed by atoms with van der Waals surface area (Å²) in [5, 5.41) is 3.31. The molecule has 0 N–H and O–H groups in total. The van der Waals surface area contributed by atoms with Gasteiger partial charge in [-0.2, -0.15) is 0 Å². The standard InChI is InChI=1S/C30H47NO5/c1-5-6-7-11-20-34-22-26-25(27-17-18-28(26)36-27)12-9-8-10-19-30(2,3)29(31-32)35-21-23-13-15-24(33-4)16-14-23/h8-9,13-16,25-29H,5-7,10-12,17-22H2,1-4H3/t25-,26+,27-,28+,29?/m0/s1. The average Bonchev–Trinajstić information content (AvgIpc) is 3.48. The highest BCUT2D eigenvalue weighted by Gasteiger charge is 2.48. The van der Waals surface area contributed by atoms with Crippen LogP contribution in [0.25, 0.3) is 0 Å². The van der Waals surface area contributed by atoms with Gasteiger partial charge in [-0.05, 0) is 67.3 Å². The number of benzene rings is 1. The fourth-order valence-electron chi connectivity index (χ4n) is 5.52. The van der Waals surface area contributed by atoms with Gasteiger partial charge in [-0.25, -0.2) is 0 Å². The first-order chi connectivity index (χ1) is 17.5. The van der Waals surface area contributed by atoms with Crippen molar-refractivity contribution in [2.24, 2.45) is 22.4 Å². The number of ether oxygens (including phenoxy) is 4. The number of allylic oxidation sites excluding steroid dienone is 2. The molecule has 2 heterocycles. The van der Waals surface area contributed by atoms with Crippen LogP contribution >= 0.6 is 0 Å². The second kappa shape index (κ2) is 14.8. The molecular formula is C30H47NO5. The van der Waals surface area contributed by atoms with Gasteiger partial charge in [-0.3, -0.25) is 0 Å². The minimum atomic E-state index is -0.689. The first-order valence-electron chi connectivity index (χ1n) is 13.9. The van der Waals surface area contributed by atoms with E-state index in [1.54, 1.807) is 7.11 Å². The van der Waals surface area contributed by atoms with Gasteiger partial charge in [0.1, 0.15) is 5.75 Å². The number of rotatable bonds is 18. The van der Waals surface area contributed by atoms with Gasteiger partial charge >= 0.3 is 0 Å². The van der Waals surface area contributed by atoms with Crippen LogP contribution in [-0.2, 0) is 20.8 Å². The van der Waals surface area contributed by atoms with Crippen molar-refractivity contribution in [2.75, 3.05) is 20.3 Å². The largest absolute Gasteiger partial charge is 0.497 e. The summed E-state index contributed by atoms with van der Waals surface area (Å²) >= 11 is 0. The summed E-state index contributed by atoms with van der Waals surface area (Å²) < 4.78 is 23.4. The molecular weight excluding hydrogens is 454 g/mol. The monoisotopic (exact) mass is 501 g/mol. The Bertz CT molecular complexity index is 793. The van der Waals surface area contributed by atoms with Gasteiger partial charge in [-0.15, -0.1) is 4.91 Å². The number of nitroso groups, excluding NO2 is 1. The van der Waals surface area contributed by atoms with Crippen LogP contribution in [0.1, 0.15) is 84.1 Å². The summed E-state index contributed by atoms with van der Waals surface area (Å²) in [4.78, 5) is 11.6. The Kier molecular flexibility index (Phi) is 11.9. The predicted octanol–water partition coefficient (Wildman–Crippen LogP) is 7.45. The third-order valence-corrected chi connectivity index (χ3v) is 7.90. The Labute approximate surface area is 218 Å². The summed E-state index contributed by atoms with van der Waals surface area (Å²) in [7, 11) is 1.64. The van der Waals surface area contributed by atoms with Crippen LogP contribution in [0.2, 0.25) is 0 Å². The van der Waals surface area contributed by atoms with Crippen molar-refractivity contribution in [2.45, 2.75) is 104 Å². The third kappa shape index (κ3) is 8.39. The van der Waals surface area contributed by atoms with Crippen molar-refractivity contribution >= 4 is 0 Å². The fourth-order valence-corrected chi connectivity index (χ4v) is 5.52. The molecule has 0 aromatic heterocycles. The maximum absolute atomic E-state index is 11.6. The van der Waals surface area contributed by atoms with Gasteiger partial charge in [0.2, 0.25) is 0 Å². The summed E-state index contributed by atoms with van der Waals surface area (Å²) in [5.74, 6) is 1.88. The molecule has 2 aliphatic rings. The molecule has 2 fully saturated rings. The molecule has 202 valence electrons. The van der Waals surface area contributed by atoms with E-state index in [1.807, 2.05) is 24.3 Å². The van der Waals surface area contributed by atoms with Crippen molar-refractivity contribution in [1.82, 2.24) is 0 Å². The van der Waals surface area contributed by atoms with E-state index in [0.29, 0.717) is 30.7 Å². The number of hydrogen-bond acceptors (Lipinski definition) is 6. The lowest BCUT2D eigenvalue weighted by Gasteiger charge is -2.29. The number of methoxy groups -OCH3 is 1. The van der Waals surface area contributed by atoms with Crippen LogP contribution in [0, 0.1) is 22.2 Å². The Morgan fingerprint density at radius 1 is 1.08 bits per heavy atom. The first kappa shape index (κ1) is 28.8. The van der Waals surface area contributed by atoms with Crippen molar-refractivity contribution < 1.29 is 18.9 Å². The van der Waals surface area contributed by atoms with E-state index in [0.717, 1.165) is 50.2 Å². The van der Waals surface area contributed by atoms with Crippen LogP contribution < -0.4 is 4.74 Å². The summed E-state index contributed by atoms with van der Waals surface area (Å²) in [6.45, 7) is 8.40. The van der Waals surface area contributed by atoms with Gasteiger partial charge in [0.15, 0.2) is 6.23 Å². The molecule has 2 aliphatic heterocycles. The minimum Gasteiger partial charge on any atom is -0.497 e. The Morgan fingerprint density at radius 2 is 1.83 bits per heavy atom. The number of nitrogens with zero attached hydrogens (tertiary/aromatic N) is 1. The summed E-state index contributed by atoms with van der Waals surface area (Å²) in [6.07, 6.45) is 14.7. The quantitative estimate of drug-likeness (QED) is 0.119. The smallest absolute Gasteiger partial charge is 0.194 e. The van der Waals surface area contributed by atoms with Gasteiger partial charge in [0, 0.05) is 17.9 Å². The normalized spacial score (nSPS) is 24.4. The van der Waals surface area contributed by atoms with Crippen LogP contribution in [0.5, 0.6) is 5.75 Å². The highest BCUT2D eigenvalue weighted by Crippen LogP contribution is 2.45. The molecule has 2 saturated heterocycles. The summed E-state index contributed by atoms with van der Waals surface area (Å²) in [5.41, 5.74) is 0.648. The van der Waals surface area contributed by atoms with Crippen LogP contribution in [-0.4, -0.2) is 38.8 Å². The molecule has 0 radical (unpaired) electrons. The van der Waals surface area contributed by atoms with Crippen molar-refractivity contribution in [3.63, 3.8) is 0 Å². The number of unbranched alkanes of at least 4 members (excludes halogenated alkanes) is 3. The Balaban J connectivity index is 1.39. The SMILES string of the molecule is CCCCCCOC[C@@H]1[C@H](CC=CCCC(C)(C)C(N=O)OCc2ccc(OC)cc2)[C@@H]2CC[C@H]1O2. The van der Waals surface area contributed by atoms with Crippen molar-refractivity contribution in [3.8, 4) is 5.75 Å². The highest BCUT2D eigenvalue weighted by molar-refractivity contribution is 5.26. The van der Waals surface area contributed by atoms with E-state index < -0.39 is 6.23 Å². The molecule has 0 spiro atoms. The Morgan fingerprint density at radius 3 is 2.53 bits per heavy atom. The molecule has 1 aromatic carbocycles. The second-order valence-electron chi connectivity index (χ2n) is 11.1. The molecule has 0 saturated carbocycles. The van der Waals surface area contributed by atoms with Gasteiger partial charge in [-0.1, -0.05) is 64.3 Å². The van der Waals surface area contributed by atoms with Gasteiger partial charge in [0.05, 0.1) is 32.5 Å². The molecule has 0 aliphatic carbocycles. The van der Waals surface area contributed by atoms with Crippen LogP contribution in [0.15, 0.2) is 41.6 Å². The molecule has 2 bridgehead atoms. The van der Waals surface area contributed by atoms with E-state index in [4.69, 9.17) is 18.9 Å². The van der Waals surface area contributed by atoms with E-state index >= 15 is 0 Å². The molecule has 6 nitrogen and oxygen atoms in total. The average molecular weight is 502 g/mol. The molecule has 1 unspecified atom stereocenters. The third-order valence-electron chi connectivity index (χ3n) is 7.90. The summed E-state index contributed by atoms with van der Waals surface area (Å²) in [6, 6.07) is 7.67. The number of fused-ring (bicyclic) bond motifs is 2. The van der Waals surface area contributed by atoms with Crippen LogP contribution in [0.3, 0.4) is 0 Å². The van der Waals surface area contributed by atoms with E-state index in [1.165, 1.54) is 32.1 Å². The zero-order valence-electron chi connectivity index (χ0n) is 22.8. The zero-order valence-corrected chi connectivity index (χ0v) is 22.8. The Hall–Kier alpha value is -1.76. The molecule has 36 heavy (non-hydrogen) atoms. The minimum absolute atomic E-state index is 0.345. The second-order valence-corrected chi connectivity index (χ2v) is 11.1. The topological polar surface area (TPSA) is 66.4 Å². The lowest BCUT2D eigenvalue weighted by molar-refractivity contribution is -0.0339. The van der Waals surface area contributed by atoms with E-state index in [2.05, 4.69) is 38.1 Å². The maximum Gasteiger partial charge on any atom is 0.194 e. The van der Waals surface area contributed by atoms with Gasteiger partial charge in [0.25, 0.3) is 0 Å². The lowest BCUT2D eigenvalue weighted by atomic mass is 9.78. The van der Waals surface area contributed by atoms with Crippen LogP contribution in [0.4, 0.5) is 0 Å². The number of hydrogen-bond donors (Lipinski definition) is 0. The first-order valence-corrected chi connectivity index (χ1v) is 13.9. The van der Waals surface area contributed by atoms with Crippen molar-refractivity contribution in [3.05, 3.63) is 46.9 Å². The fraction of sp³-hybridized carbons (Fsp3) is 0.733. The predicted molar refractivity (Wildman–Crippen MR) is 144 cm³/mol. The maximum atomic E-state index is 11.6. The van der Waals surface area contributed by atoms with Gasteiger partial charge < -0.3 is 18.9 Å². The van der Waals surface area contributed by atoms with Crippen molar-refractivity contribution in [1.29, 1.82) is 0 Å². The van der Waals surface area contributed by atoms with E-state index in [9.17, 15) is 4.91 Å². The highest BCUT2D eigenvalue weighted by atomic mass is 16.5. The molecule has 6 heteroatoms.